The van der Waals surface area contributed by atoms with Crippen molar-refractivity contribution in [1.82, 2.24) is 15.3 Å². The zero-order chi connectivity index (χ0) is 13.8. The van der Waals surface area contributed by atoms with Gasteiger partial charge in [0.1, 0.15) is 5.69 Å². The molecule has 0 aliphatic heterocycles. The van der Waals surface area contributed by atoms with Crippen molar-refractivity contribution in [2.45, 2.75) is 20.4 Å². The highest BCUT2D eigenvalue weighted by Gasteiger charge is 2.07. The predicted molar refractivity (Wildman–Crippen MR) is 71.9 cm³/mol. The normalized spacial score (nSPS) is 10.2. The van der Waals surface area contributed by atoms with E-state index in [0.717, 1.165) is 16.8 Å². The van der Waals surface area contributed by atoms with Crippen LogP contribution < -0.4 is 10.9 Å². The van der Waals surface area contributed by atoms with Gasteiger partial charge in [0.2, 0.25) is 5.56 Å². The van der Waals surface area contributed by atoms with Gasteiger partial charge >= 0.3 is 0 Å². The molecule has 0 saturated carbocycles. The minimum atomic E-state index is -0.308. The molecule has 5 nitrogen and oxygen atoms in total. The lowest BCUT2D eigenvalue weighted by Gasteiger charge is -2.08. The Kier molecular flexibility index (Phi) is 3.75. The van der Waals surface area contributed by atoms with E-state index in [0.29, 0.717) is 6.54 Å². The second-order valence-electron chi connectivity index (χ2n) is 4.36. The van der Waals surface area contributed by atoms with Gasteiger partial charge in [0.15, 0.2) is 0 Å². The minimum absolute atomic E-state index is 0.255. The van der Waals surface area contributed by atoms with Gasteiger partial charge in [-0.1, -0.05) is 6.07 Å². The van der Waals surface area contributed by atoms with Gasteiger partial charge in [-0.15, -0.1) is 0 Å². The van der Waals surface area contributed by atoms with Crippen LogP contribution in [0.25, 0.3) is 0 Å². The van der Waals surface area contributed by atoms with Crippen molar-refractivity contribution in [3.63, 3.8) is 0 Å². The molecule has 98 valence electrons. The molecular weight excluding hydrogens is 242 g/mol. The summed E-state index contributed by atoms with van der Waals surface area (Å²) in [5.74, 6) is -0.308. The molecule has 0 saturated heterocycles. The Morgan fingerprint density at radius 2 is 2.16 bits per heavy atom. The molecule has 0 radical (unpaired) electrons. The van der Waals surface area contributed by atoms with Crippen LogP contribution in [-0.4, -0.2) is 15.9 Å². The summed E-state index contributed by atoms with van der Waals surface area (Å²) < 4.78 is 0. The van der Waals surface area contributed by atoms with Crippen LogP contribution in [0.15, 0.2) is 35.3 Å². The maximum absolute atomic E-state index is 11.8. The van der Waals surface area contributed by atoms with Crippen molar-refractivity contribution in [1.29, 1.82) is 0 Å². The molecule has 0 fully saturated rings. The number of carbonyl (C=O) groups excluding carboxylic acids is 1. The molecule has 5 heteroatoms. The van der Waals surface area contributed by atoms with Crippen LogP contribution in [0.5, 0.6) is 0 Å². The summed E-state index contributed by atoms with van der Waals surface area (Å²) >= 11 is 0. The predicted octanol–water partition coefficient (Wildman–Crippen LogP) is 1.32. The first-order chi connectivity index (χ1) is 9.06. The molecule has 0 spiro atoms. The number of carbonyl (C=O) groups is 1. The third-order valence-corrected chi connectivity index (χ3v) is 2.81. The second kappa shape index (κ2) is 5.48. The van der Waals surface area contributed by atoms with Gasteiger partial charge in [-0.25, -0.2) is 0 Å². The van der Waals surface area contributed by atoms with Gasteiger partial charge in [-0.2, -0.15) is 0 Å². The highest BCUT2D eigenvalue weighted by atomic mass is 16.2. The molecule has 19 heavy (non-hydrogen) atoms. The Morgan fingerprint density at radius 1 is 1.37 bits per heavy atom. The number of nitrogens with one attached hydrogen (secondary N) is 2. The first-order valence-corrected chi connectivity index (χ1v) is 5.96. The summed E-state index contributed by atoms with van der Waals surface area (Å²) in [5, 5.41) is 2.75. The molecule has 0 bridgehead atoms. The Bertz CT molecular complexity index is 662. The van der Waals surface area contributed by atoms with Gasteiger partial charge in [0.05, 0.1) is 0 Å². The first kappa shape index (κ1) is 13.0. The summed E-state index contributed by atoms with van der Waals surface area (Å²) in [4.78, 5) is 29.6. The molecular formula is C14H15N3O2. The number of H-pyrrole nitrogens is 1. The van der Waals surface area contributed by atoms with Gasteiger partial charge in [0, 0.05) is 24.5 Å². The van der Waals surface area contributed by atoms with E-state index in [2.05, 4.69) is 15.3 Å². The van der Waals surface area contributed by atoms with E-state index >= 15 is 0 Å². The fourth-order valence-corrected chi connectivity index (χ4v) is 1.76. The van der Waals surface area contributed by atoms with Crippen molar-refractivity contribution >= 4 is 5.91 Å². The number of aromatic nitrogens is 2. The molecule has 0 aromatic carbocycles. The number of hydrogen-bond donors (Lipinski definition) is 2. The molecule has 0 atom stereocenters. The Morgan fingerprint density at radius 3 is 2.84 bits per heavy atom. The number of nitrogens with zero attached hydrogens (tertiary/aromatic N) is 1. The summed E-state index contributed by atoms with van der Waals surface area (Å²) in [6.07, 6.45) is 1.75. The molecule has 2 N–H and O–H groups in total. The third-order valence-electron chi connectivity index (χ3n) is 2.81. The van der Waals surface area contributed by atoms with Gasteiger partial charge in [-0.3, -0.25) is 14.6 Å². The van der Waals surface area contributed by atoms with Crippen molar-refractivity contribution < 1.29 is 4.79 Å². The van der Waals surface area contributed by atoms with E-state index in [1.54, 1.807) is 18.3 Å². The van der Waals surface area contributed by atoms with Crippen molar-refractivity contribution in [3.05, 3.63) is 63.3 Å². The maximum Gasteiger partial charge on any atom is 0.268 e. The zero-order valence-corrected chi connectivity index (χ0v) is 10.9. The van der Waals surface area contributed by atoms with Crippen molar-refractivity contribution in [2.75, 3.05) is 0 Å². The summed E-state index contributed by atoms with van der Waals surface area (Å²) in [5.41, 5.74) is 2.94. The van der Waals surface area contributed by atoms with E-state index < -0.39 is 0 Å². The SMILES string of the molecule is Cc1cc(C)c(CNC(=O)c2cccc(=O)[nH]2)cn1. The quantitative estimate of drug-likeness (QED) is 0.870. The van der Waals surface area contributed by atoms with E-state index in [4.69, 9.17) is 0 Å². The summed E-state index contributed by atoms with van der Waals surface area (Å²) in [7, 11) is 0. The number of amides is 1. The van der Waals surface area contributed by atoms with Crippen LogP contribution in [0.1, 0.15) is 27.3 Å². The average molecular weight is 257 g/mol. The lowest BCUT2D eigenvalue weighted by atomic mass is 10.1. The standard InChI is InChI=1S/C14H15N3O2/c1-9-6-10(2)15-7-11(9)8-16-14(19)12-4-3-5-13(18)17-12/h3-7H,8H2,1-2H3,(H,16,19)(H,17,18). The fraction of sp³-hybridized carbons (Fsp3) is 0.214. The molecule has 0 unspecified atom stereocenters. The Hall–Kier alpha value is -2.43. The van der Waals surface area contributed by atoms with Crippen LogP contribution in [-0.2, 0) is 6.54 Å². The molecule has 2 rings (SSSR count). The maximum atomic E-state index is 11.8. The zero-order valence-electron chi connectivity index (χ0n) is 10.9. The largest absolute Gasteiger partial charge is 0.347 e. The lowest BCUT2D eigenvalue weighted by molar-refractivity contribution is 0.0945. The highest BCUT2D eigenvalue weighted by Crippen LogP contribution is 2.07. The number of hydrogen-bond acceptors (Lipinski definition) is 3. The topological polar surface area (TPSA) is 74.8 Å². The Balaban J connectivity index is 2.06. The molecule has 2 heterocycles. The van der Waals surface area contributed by atoms with Gasteiger partial charge in [-0.05, 0) is 37.1 Å². The molecule has 2 aromatic heterocycles. The van der Waals surface area contributed by atoms with Crippen LogP contribution in [0, 0.1) is 13.8 Å². The van der Waals surface area contributed by atoms with Gasteiger partial charge < -0.3 is 10.3 Å². The van der Waals surface area contributed by atoms with E-state index in [9.17, 15) is 9.59 Å². The number of aryl methyl sites for hydroxylation is 2. The number of aromatic amines is 1. The lowest BCUT2D eigenvalue weighted by Crippen LogP contribution is -2.26. The van der Waals surface area contributed by atoms with Crippen LogP contribution in [0.4, 0.5) is 0 Å². The molecule has 0 aliphatic rings. The second-order valence-corrected chi connectivity index (χ2v) is 4.36. The van der Waals surface area contributed by atoms with E-state index in [-0.39, 0.29) is 17.2 Å². The van der Waals surface area contributed by atoms with Crippen molar-refractivity contribution in [3.8, 4) is 0 Å². The van der Waals surface area contributed by atoms with Gasteiger partial charge in [0.25, 0.3) is 5.91 Å². The third kappa shape index (κ3) is 3.28. The molecule has 1 amide bonds. The van der Waals surface area contributed by atoms with E-state index in [1.165, 1.54) is 6.07 Å². The van der Waals surface area contributed by atoms with Crippen LogP contribution in [0.2, 0.25) is 0 Å². The smallest absolute Gasteiger partial charge is 0.268 e. The van der Waals surface area contributed by atoms with E-state index in [1.807, 2.05) is 19.9 Å². The number of pyridine rings is 2. The molecule has 2 aromatic rings. The first-order valence-electron chi connectivity index (χ1n) is 5.96. The monoisotopic (exact) mass is 257 g/mol. The summed E-state index contributed by atoms with van der Waals surface area (Å²) in [6.45, 7) is 4.28. The molecule has 0 aliphatic carbocycles. The highest BCUT2D eigenvalue weighted by molar-refractivity contribution is 5.92. The minimum Gasteiger partial charge on any atom is -0.347 e. The van der Waals surface area contributed by atoms with Crippen LogP contribution >= 0.6 is 0 Å². The average Bonchev–Trinajstić information content (AvgIpc) is 2.37. The fourth-order valence-electron chi connectivity index (χ4n) is 1.76. The summed E-state index contributed by atoms with van der Waals surface area (Å²) in [6, 6.07) is 6.44. The Labute approximate surface area is 110 Å². The van der Waals surface area contributed by atoms with Crippen LogP contribution in [0.3, 0.4) is 0 Å². The van der Waals surface area contributed by atoms with Crippen molar-refractivity contribution in [2.24, 2.45) is 0 Å². The number of rotatable bonds is 3.